The summed E-state index contributed by atoms with van der Waals surface area (Å²) in [5, 5.41) is 10.1. The van der Waals surface area contributed by atoms with Crippen LogP contribution in [0.2, 0.25) is 5.02 Å². The van der Waals surface area contributed by atoms with Gasteiger partial charge in [-0.2, -0.15) is 5.10 Å². The van der Waals surface area contributed by atoms with Gasteiger partial charge in [0.15, 0.2) is 0 Å². The summed E-state index contributed by atoms with van der Waals surface area (Å²) in [6.07, 6.45) is 3.00. The summed E-state index contributed by atoms with van der Waals surface area (Å²) in [6.45, 7) is 3.71. The molecule has 138 valence electrons. The Morgan fingerprint density at radius 2 is 1.78 bits per heavy atom. The molecule has 27 heavy (non-hydrogen) atoms. The third-order valence-corrected chi connectivity index (χ3v) is 4.42. The molecule has 0 atom stereocenters. The number of hydrogen-bond donors (Lipinski definition) is 2. The second-order valence-electron chi connectivity index (χ2n) is 6.12. The highest BCUT2D eigenvalue weighted by Crippen LogP contribution is 2.20. The van der Waals surface area contributed by atoms with Crippen molar-refractivity contribution in [2.24, 2.45) is 0 Å². The predicted octanol–water partition coefficient (Wildman–Crippen LogP) is 3.51. The fraction of sp³-hybridized carbons (Fsp3) is 0.150. The van der Waals surface area contributed by atoms with E-state index in [1.807, 2.05) is 44.2 Å². The van der Waals surface area contributed by atoms with Crippen LogP contribution in [-0.2, 0) is 4.79 Å². The minimum atomic E-state index is -0.384. The molecule has 0 spiro atoms. The van der Waals surface area contributed by atoms with E-state index >= 15 is 0 Å². The number of nitrogens with one attached hydrogen (secondary N) is 2. The Balaban J connectivity index is 1.61. The fourth-order valence-corrected chi connectivity index (χ4v) is 2.89. The van der Waals surface area contributed by atoms with Crippen molar-refractivity contribution in [1.29, 1.82) is 0 Å². The van der Waals surface area contributed by atoms with Gasteiger partial charge in [-0.15, -0.1) is 0 Å². The van der Waals surface area contributed by atoms with E-state index < -0.39 is 0 Å². The summed E-state index contributed by atoms with van der Waals surface area (Å²) in [4.78, 5) is 24.4. The second-order valence-corrected chi connectivity index (χ2v) is 6.53. The monoisotopic (exact) mass is 382 g/mol. The third-order valence-electron chi connectivity index (χ3n) is 4.10. The molecule has 2 aromatic carbocycles. The molecule has 0 saturated heterocycles. The molecular formula is C20H19ClN4O2. The molecule has 0 bridgehead atoms. The maximum atomic E-state index is 12.3. The molecule has 1 heterocycles. The van der Waals surface area contributed by atoms with Gasteiger partial charge in [-0.3, -0.25) is 9.59 Å². The van der Waals surface area contributed by atoms with Crippen molar-refractivity contribution in [3.8, 4) is 5.69 Å². The van der Waals surface area contributed by atoms with E-state index in [4.69, 9.17) is 11.6 Å². The van der Waals surface area contributed by atoms with Crippen LogP contribution >= 0.6 is 11.6 Å². The Morgan fingerprint density at radius 3 is 2.48 bits per heavy atom. The van der Waals surface area contributed by atoms with Gasteiger partial charge in [-0.05, 0) is 37.1 Å². The van der Waals surface area contributed by atoms with Gasteiger partial charge in [0.05, 0.1) is 29.0 Å². The summed E-state index contributed by atoms with van der Waals surface area (Å²) in [5.74, 6) is -0.677. The number of carbonyl (C=O) groups is 2. The average Bonchev–Trinajstić information content (AvgIpc) is 3.13. The normalized spacial score (nSPS) is 10.5. The zero-order chi connectivity index (χ0) is 19.4. The van der Waals surface area contributed by atoms with E-state index in [0.717, 1.165) is 16.8 Å². The zero-order valence-corrected chi connectivity index (χ0v) is 15.7. The fourth-order valence-electron chi connectivity index (χ4n) is 2.67. The molecule has 0 unspecified atom stereocenters. The number of nitrogens with zero attached hydrogens (tertiary/aromatic N) is 2. The molecule has 0 fully saturated rings. The van der Waals surface area contributed by atoms with Crippen molar-refractivity contribution in [2.75, 3.05) is 11.9 Å². The number of aromatic nitrogens is 2. The Morgan fingerprint density at radius 1 is 1.07 bits per heavy atom. The van der Waals surface area contributed by atoms with Crippen molar-refractivity contribution in [3.05, 3.63) is 76.6 Å². The highest BCUT2D eigenvalue weighted by Gasteiger charge is 2.13. The van der Waals surface area contributed by atoms with E-state index in [1.165, 1.54) is 10.9 Å². The molecule has 0 aliphatic rings. The van der Waals surface area contributed by atoms with Gasteiger partial charge in [0.25, 0.3) is 5.91 Å². The van der Waals surface area contributed by atoms with E-state index in [0.29, 0.717) is 16.3 Å². The molecule has 3 aromatic rings. The van der Waals surface area contributed by atoms with Crippen LogP contribution in [-0.4, -0.2) is 28.1 Å². The lowest BCUT2D eigenvalue weighted by Gasteiger charge is -2.11. The molecule has 3 rings (SSSR count). The molecule has 0 aliphatic carbocycles. The van der Waals surface area contributed by atoms with Crippen molar-refractivity contribution >= 4 is 29.1 Å². The number of amides is 2. The number of hydrogen-bond acceptors (Lipinski definition) is 3. The quantitative estimate of drug-likeness (QED) is 0.709. The number of rotatable bonds is 5. The summed E-state index contributed by atoms with van der Waals surface area (Å²) >= 11 is 6.14. The Labute approximate surface area is 162 Å². The predicted molar refractivity (Wildman–Crippen MR) is 105 cm³/mol. The summed E-state index contributed by atoms with van der Waals surface area (Å²) in [7, 11) is 0. The largest absolute Gasteiger partial charge is 0.343 e. The van der Waals surface area contributed by atoms with Gasteiger partial charge in [0.2, 0.25) is 5.91 Å². The molecule has 0 saturated carbocycles. The lowest BCUT2D eigenvalue weighted by molar-refractivity contribution is -0.115. The Kier molecular flexibility index (Phi) is 5.57. The number of halogens is 1. The Bertz CT molecular complexity index is 977. The van der Waals surface area contributed by atoms with Gasteiger partial charge < -0.3 is 10.6 Å². The number of para-hydroxylation sites is 2. The van der Waals surface area contributed by atoms with Gasteiger partial charge in [0.1, 0.15) is 0 Å². The van der Waals surface area contributed by atoms with Gasteiger partial charge in [-0.25, -0.2) is 4.68 Å². The topological polar surface area (TPSA) is 76.0 Å². The lowest BCUT2D eigenvalue weighted by atomic mass is 10.1. The minimum Gasteiger partial charge on any atom is -0.343 e. The van der Waals surface area contributed by atoms with Gasteiger partial charge in [0, 0.05) is 11.9 Å². The molecular weight excluding hydrogens is 364 g/mol. The first-order valence-electron chi connectivity index (χ1n) is 8.39. The minimum absolute atomic E-state index is 0.135. The molecule has 0 aliphatic heterocycles. The van der Waals surface area contributed by atoms with Crippen LogP contribution in [0.3, 0.4) is 0 Å². The average molecular weight is 383 g/mol. The molecule has 1 aromatic heterocycles. The SMILES string of the molecule is Cc1cccc(C)c1NC(=O)CNC(=O)c1cnn(-c2ccccc2Cl)c1. The molecule has 0 radical (unpaired) electrons. The van der Waals surface area contributed by atoms with Crippen molar-refractivity contribution in [3.63, 3.8) is 0 Å². The zero-order valence-electron chi connectivity index (χ0n) is 15.0. The molecule has 7 heteroatoms. The molecule has 6 nitrogen and oxygen atoms in total. The summed E-state index contributed by atoms with van der Waals surface area (Å²) in [5.41, 5.74) is 3.72. The standard InChI is InChI=1S/C20H19ClN4O2/c1-13-6-5-7-14(2)19(13)24-18(26)11-22-20(27)15-10-23-25(12-15)17-9-4-3-8-16(17)21/h3-10,12H,11H2,1-2H3,(H,22,27)(H,24,26). The number of anilines is 1. The van der Waals surface area contributed by atoms with Crippen LogP contribution in [0.5, 0.6) is 0 Å². The molecule has 2 amide bonds. The van der Waals surface area contributed by atoms with Crippen LogP contribution in [0.15, 0.2) is 54.9 Å². The van der Waals surface area contributed by atoms with Crippen LogP contribution in [0, 0.1) is 13.8 Å². The molecule has 2 N–H and O–H groups in total. The number of benzene rings is 2. The van der Waals surface area contributed by atoms with Crippen LogP contribution in [0.25, 0.3) is 5.69 Å². The summed E-state index contributed by atoms with van der Waals surface area (Å²) < 4.78 is 1.52. The third kappa shape index (κ3) is 4.35. The first kappa shape index (κ1) is 18.7. The maximum absolute atomic E-state index is 12.3. The van der Waals surface area contributed by atoms with Crippen molar-refractivity contribution in [1.82, 2.24) is 15.1 Å². The highest BCUT2D eigenvalue weighted by molar-refractivity contribution is 6.32. The summed E-state index contributed by atoms with van der Waals surface area (Å²) in [6, 6.07) is 13.0. The Hall–Kier alpha value is -3.12. The first-order valence-corrected chi connectivity index (χ1v) is 8.77. The highest BCUT2D eigenvalue weighted by atomic mass is 35.5. The van der Waals surface area contributed by atoms with E-state index in [-0.39, 0.29) is 18.4 Å². The van der Waals surface area contributed by atoms with E-state index in [1.54, 1.807) is 18.3 Å². The smallest absolute Gasteiger partial charge is 0.254 e. The van der Waals surface area contributed by atoms with Crippen LogP contribution in [0.1, 0.15) is 21.5 Å². The number of carbonyl (C=O) groups excluding carboxylic acids is 2. The van der Waals surface area contributed by atoms with Gasteiger partial charge in [-0.1, -0.05) is 41.9 Å². The second kappa shape index (κ2) is 8.05. The van der Waals surface area contributed by atoms with E-state index in [2.05, 4.69) is 15.7 Å². The lowest BCUT2D eigenvalue weighted by Crippen LogP contribution is -2.33. The first-order chi connectivity index (χ1) is 13.0. The van der Waals surface area contributed by atoms with Crippen LogP contribution in [0.4, 0.5) is 5.69 Å². The van der Waals surface area contributed by atoms with Crippen LogP contribution < -0.4 is 10.6 Å². The van der Waals surface area contributed by atoms with E-state index in [9.17, 15) is 9.59 Å². The van der Waals surface area contributed by atoms with Crippen molar-refractivity contribution < 1.29 is 9.59 Å². The number of aryl methyl sites for hydroxylation is 2. The van der Waals surface area contributed by atoms with Gasteiger partial charge >= 0.3 is 0 Å². The maximum Gasteiger partial charge on any atom is 0.254 e. The van der Waals surface area contributed by atoms with Crippen molar-refractivity contribution in [2.45, 2.75) is 13.8 Å².